The Bertz CT molecular complexity index is 505. The zero-order valence-corrected chi connectivity index (χ0v) is 14.8. The van der Waals surface area contributed by atoms with Gasteiger partial charge in [0.2, 0.25) is 5.91 Å². The molecule has 3 nitrogen and oxygen atoms in total. The van der Waals surface area contributed by atoms with Gasteiger partial charge in [0.25, 0.3) is 0 Å². The van der Waals surface area contributed by atoms with Crippen molar-refractivity contribution < 1.29 is 9.53 Å². The zero-order valence-electron chi connectivity index (χ0n) is 14.0. The number of hydrogen-bond acceptors (Lipinski definition) is 3. The highest BCUT2D eigenvalue weighted by Gasteiger charge is 2.45. The lowest BCUT2D eigenvalue weighted by Crippen LogP contribution is -2.49. The first-order chi connectivity index (χ1) is 11.2. The molecule has 0 aromatic heterocycles. The minimum atomic E-state index is -0.236. The molecule has 1 aromatic carbocycles. The summed E-state index contributed by atoms with van der Waals surface area (Å²) in [5, 5.41) is 0. The molecule has 1 amide bonds. The predicted molar refractivity (Wildman–Crippen MR) is 94.7 cm³/mol. The van der Waals surface area contributed by atoms with E-state index in [2.05, 4.69) is 29.2 Å². The first-order valence-electron chi connectivity index (χ1n) is 8.88. The number of carbonyl (C=O) groups is 1. The topological polar surface area (TPSA) is 29.5 Å². The van der Waals surface area contributed by atoms with E-state index in [0.717, 1.165) is 45.4 Å². The summed E-state index contributed by atoms with van der Waals surface area (Å²) < 4.78 is 5.48. The second-order valence-electron chi connectivity index (χ2n) is 6.56. The van der Waals surface area contributed by atoms with E-state index < -0.39 is 0 Å². The minimum absolute atomic E-state index is 0.236. The van der Waals surface area contributed by atoms with Crippen molar-refractivity contribution in [3.8, 4) is 0 Å². The largest absolute Gasteiger partial charge is 0.378 e. The number of thioether (sulfide) groups is 1. The quantitative estimate of drug-likeness (QED) is 0.812. The van der Waals surface area contributed by atoms with Gasteiger partial charge >= 0.3 is 0 Å². The second-order valence-corrected chi connectivity index (χ2v) is 8.02. The molecule has 2 fully saturated rings. The van der Waals surface area contributed by atoms with Crippen LogP contribution in [0.15, 0.2) is 35.2 Å². The monoisotopic (exact) mass is 333 g/mol. The van der Waals surface area contributed by atoms with Crippen molar-refractivity contribution in [1.82, 2.24) is 4.90 Å². The third-order valence-corrected chi connectivity index (χ3v) is 6.47. The number of benzene rings is 1. The number of carbonyl (C=O) groups excluding carboxylic acids is 1. The highest BCUT2D eigenvalue weighted by atomic mass is 32.2. The molecule has 2 aliphatic rings. The van der Waals surface area contributed by atoms with Crippen molar-refractivity contribution in [3.05, 3.63) is 30.3 Å². The molecule has 0 radical (unpaired) electrons. The molecular weight excluding hydrogens is 306 g/mol. The summed E-state index contributed by atoms with van der Waals surface area (Å²) in [6.07, 6.45) is 6.65. The molecule has 0 spiro atoms. The molecule has 0 unspecified atom stereocenters. The van der Waals surface area contributed by atoms with E-state index in [1.165, 1.54) is 17.7 Å². The number of likely N-dealkylation sites (tertiary alicyclic amines) is 1. The van der Waals surface area contributed by atoms with Gasteiger partial charge in [-0.05, 0) is 44.7 Å². The predicted octanol–water partition coefficient (Wildman–Crippen LogP) is 4.12. The standard InChI is InChI=1S/C19H27NO2S/c1-2-22-16-10-14-20(15-11-16)18(21)19(12-6-7-13-19)23-17-8-4-3-5-9-17/h3-5,8-9,16H,2,6-7,10-15H2,1H3. The van der Waals surface area contributed by atoms with Gasteiger partial charge in [-0.3, -0.25) is 4.79 Å². The molecule has 3 rings (SSSR count). The van der Waals surface area contributed by atoms with Gasteiger partial charge in [-0.15, -0.1) is 11.8 Å². The van der Waals surface area contributed by atoms with Gasteiger partial charge in [0.1, 0.15) is 0 Å². The molecule has 23 heavy (non-hydrogen) atoms. The van der Waals surface area contributed by atoms with Crippen LogP contribution in [0.25, 0.3) is 0 Å². The van der Waals surface area contributed by atoms with E-state index in [9.17, 15) is 4.79 Å². The number of amides is 1. The van der Waals surface area contributed by atoms with Crippen LogP contribution in [0.4, 0.5) is 0 Å². The van der Waals surface area contributed by atoms with Crippen molar-refractivity contribution in [2.24, 2.45) is 0 Å². The van der Waals surface area contributed by atoms with E-state index in [-0.39, 0.29) is 4.75 Å². The van der Waals surface area contributed by atoms with Crippen molar-refractivity contribution in [2.45, 2.75) is 61.2 Å². The number of piperidine rings is 1. The number of rotatable bonds is 5. The van der Waals surface area contributed by atoms with Crippen LogP contribution in [-0.2, 0) is 9.53 Å². The second kappa shape index (κ2) is 7.71. The minimum Gasteiger partial charge on any atom is -0.378 e. The van der Waals surface area contributed by atoms with E-state index in [1.807, 2.05) is 13.0 Å². The molecule has 126 valence electrons. The molecule has 1 heterocycles. The summed E-state index contributed by atoms with van der Waals surface area (Å²) in [5.74, 6) is 0.360. The van der Waals surface area contributed by atoms with Crippen LogP contribution in [0.1, 0.15) is 45.4 Å². The Balaban J connectivity index is 1.67. The maximum Gasteiger partial charge on any atom is 0.239 e. The molecule has 0 bridgehead atoms. The summed E-state index contributed by atoms with van der Waals surface area (Å²) in [6, 6.07) is 10.4. The highest BCUT2D eigenvalue weighted by molar-refractivity contribution is 8.01. The van der Waals surface area contributed by atoms with Gasteiger partial charge in [0, 0.05) is 24.6 Å². The fourth-order valence-electron chi connectivity index (χ4n) is 3.77. The lowest BCUT2D eigenvalue weighted by Gasteiger charge is -2.38. The van der Waals surface area contributed by atoms with Crippen LogP contribution in [0.5, 0.6) is 0 Å². The first-order valence-corrected chi connectivity index (χ1v) is 9.70. The van der Waals surface area contributed by atoms with Gasteiger partial charge in [-0.2, -0.15) is 0 Å². The Hall–Kier alpha value is -1.00. The van der Waals surface area contributed by atoms with Crippen LogP contribution in [0.3, 0.4) is 0 Å². The summed E-state index contributed by atoms with van der Waals surface area (Å²) in [6.45, 7) is 4.51. The lowest BCUT2D eigenvalue weighted by atomic mass is 10.0. The van der Waals surface area contributed by atoms with Crippen molar-refractivity contribution in [3.63, 3.8) is 0 Å². The van der Waals surface area contributed by atoms with Gasteiger partial charge in [-0.1, -0.05) is 31.0 Å². The Morgan fingerprint density at radius 2 is 1.87 bits per heavy atom. The van der Waals surface area contributed by atoms with Crippen molar-refractivity contribution in [2.75, 3.05) is 19.7 Å². The van der Waals surface area contributed by atoms with Gasteiger partial charge in [-0.25, -0.2) is 0 Å². The highest BCUT2D eigenvalue weighted by Crippen LogP contribution is 2.46. The SMILES string of the molecule is CCOC1CCN(C(=O)C2(Sc3ccccc3)CCCC2)CC1. The van der Waals surface area contributed by atoms with Crippen LogP contribution in [0, 0.1) is 0 Å². The van der Waals surface area contributed by atoms with Crippen molar-refractivity contribution >= 4 is 17.7 Å². The molecule has 1 saturated carbocycles. The van der Waals surface area contributed by atoms with Gasteiger partial charge in [0.05, 0.1) is 10.9 Å². The summed E-state index contributed by atoms with van der Waals surface area (Å²) in [5.41, 5.74) is 0. The lowest BCUT2D eigenvalue weighted by molar-refractivity contribution is -0.136. The van der Waals surface area contributed by atoms with E-state index in [4.69, 9.17) is 4.74 Å². The third kappa shape index (κ3) is 3.92. The average Bonchev–Trinajstić information content (AvgIpc) is 3.06. The summed E-state index contributed by atoms with van der Waals surface area (Å²) in [7, 11) is 0. The molecule has 0 N–H and O–H groups in total. The van der Waals surface area contributed by atoms with Crippen LogP contribution >= 0.6 is 11.8 Å². The van der Waals surface area contributed by atoms with Crippen LogP contribution in [-0.4, -0.2) is 41.4 Å². The Kier molecular flexibility index (Phi) is 5.65. The Morgan fingerprint density at radius 1 is 1.22 bits per heavy atom. The zero-order chi connectivity index (χ0) is 16.1. The van der Waals surface area contributed by atoms with E-state index >= 15 is 0 Å². The van der Waals surface area contributed by atoms with Crippen molar-refractivity contribution in [1.29, 1.82) is 0 Å². The molecule has 1 aliphatic carbocycles. The average molecular weight is 333 g/mol. The Labute approximate surface area is 143 Å². The maximum absolute atomic E-state index is 13.3. The first kappa shape index (κ1) is 16.8. The molecule has 1 aromatic rings. The third-order valence-electron chi connectivity index (χ3n) is 4.99. The maximum atomic E-state index is 13.3. The van der Waals surface area contributed by atoms with Crippen LogP contribution in [0.2, 0.25) is 0 Å². The fraction of sp³-hybridized carbons (Fsp3) is 0.632. The number of ether oxygens (including phenoxy) is 1. The van der Waals surface area contributed by atoms with Crippen LogP contribution < -0.4 is 0 Å². The molecule has 1 aliphatic heterocycles. The molecule has 0 atom stereocenters. The Morgan fingerprint density at radius 3 is 2.48 bits per heavy atom. The smallest absolute Gasteiger partial charge is 0.239 e. The van der Waals surface area contributed by atoms with E-state index in [0.29, 0.717) is 12.0 Å². The number of hydrogen-bond donors (Lipinski definition) is 0. The normalized spacial score (nSPS) is 21.5. The molecule has 4 heteroatoms. The van der Waals surface area contributed by atoms with Gasteiger partial charge < -0.3 is 9.64 Å². The number of nitrogens with zero attached hydrogens (tertiary/aromatic N) is 1. The molecule has 1 saturated heterocycles. The molecular formula is C19H27NO2S. The van der Waals surface area contributed by atoms with E-state index in [1.54, 1.807) is 11.8 Å². The van der Waals surface area contributed by atoms with Gasteiger partial charge in [0.15, 0.2) is 0 Å². The summed E-state index contributed by atoms with van der Waals surface area (Å²) in [4.78, 5) is 16.6. The fourth-order valence-corrected chi connectivity index (χ4v) is 5.22. The summed E-state index contributed by atoms with van der Waals surface area (Å²) >= 11 is 1.79.